The second-order valence-corrected chi connectivity index (χ2v) is 5.21. The Bertz CT molecular complexity index is 662. The van der Waals surface area contributed by atoms with Crippen LogP contribution < -0.4 is 0 Å². The third-order valence-electron chi connectivity index (χ3n) is 3.14. The molecule has 0 aliphatic carbocycles. The lowest BCUT2D eigenvalue weighted by atomic mass is 10.1. The van der Waals surface area contributed by atoms with E-state index in [4.69, 9.17) is 11.6 Å². The Morgan fingerprint density at radius 2 is 1.86 bits per heavy atom. The van der Waals surface area contributed by atoms with E-state index in [1.165, 1.54) is 0 Å². The summed E-state index contributed by atoms with van der Waals surface area (Å²) in [6.07, 6.45) is 0.0462. The molecule has 0 amide bonds. The summed E-state index contributed by atoms with van der Waals surface area (Å²) in [7, 11) is 0. The first-order chi connectivity index (χ1) is 9.90. The van der Waals surface area contributed by atoms with E-state index in [0.717, 1.165) is 18.2 Å². The third-order valence-corrected chi connectivity index (χ3v) is 3.63. The molecule has 1 aromatic heterocycles. The summed E-state index contributed by atoms with van der Waals surface area (Å²) in [5, 5.41) is 4.70. The lowest BCUT2D eigenvalue weighted by Gasteiger charge is -2.05. The lowest BCUT2D eigenvalue weighted by molar-refractivity contribution is -0.117. The van der Waals surface area contributed by atoms with E-state index in [-0.39, 0.29) is 18.6 Å². The maximum atomic E-state index is 13.1. The highest BCUT2D eigenvalue weighted by molar-refractivity contribution is 6.32. The van der Waals surface area contributed by atoms with Crippen LogP contribution >= 0.6 is 11.6 Å². The second-order valence-electron chi connectivity index (χ2n) is 4.83. The average Bonchev–Trinajstić information content (AvgIpc) is 2.65. The predicted molar refractivity (Wildman–Crippen MR) is 76.4 cm³/mol. The Kier molecular flexibility index (Phi) is 4.73. The van der Waals surface area contributed by atoms with Crippen molar-refractivity contribution in [3.8, 4) is 0 Å². The molecule has 0 atom stereocenters. The SMILES string of the molecule is CCn1nc(C)c(Cl)c1CC(=O)Cc1cc(F)cc(F)c1. The van der Waals surface area contributed by atoms with Crippen molar-refractivity contribution in [1.29, 1.82) is 0 Å². The maximum Gasteiger partial charge on any atom is 0.143 e. The molecule has 0 radical (unpaired) electrons. The molecule has 2 rings (SSSR count). The fraction of sp³-hybridized carbons (Fsp3) is 0.333. The summed E-state index contributed by atoms with van der Waals surface area (Å²) in [4.78, 5) is 12.1. The maximum absolute atomic E-state index is 13.1. The highest BCUT2D eigenvalue weighted by atomic mass is 35.5. The number of halogens is 3. The van der Waals surface area contributed by atoms with E-state index < -0.39 is 11.6 Å². The molecule has 2 aromatic rings. The number of hydrogen-bond donors (Lipinski definition) is 0. The molecule has 21 heavy (non-hydrogen) atoms. The van der Waals surface area contributed by atoms with Gasteiger partial charge in [-0.3, -0.25) is 9.48 Å². The molecule has 0 saturated carbocycles. The van der Waals surface area contributed by atoms with Gasteiger partial charge in [0.2, 0.25) is 0 Å². The molecule has 3 nitrogen and oxygen atoms in total. The first-order valence-electron chi connectivity index (χ1n) is 6.59. The third kappa shape index (κ3) is 3.67. The van der Waals surface area contributed by atoms with Gasteiger partial charge in [0.1, 0.15) is 17.4 Å². The van der Waals surface area contributed by atoms with Gasteiger partial charge in [-0.15, -0.1) is 0 Å². The van der Waals surface area contributed by atoms with Gasteiger partial charge in [-0.1, -0.05) is 11.6 Å². The normalized spacial score (nSPS) is 10.9. The minimum absolute atomic E-state index is 0.0427. The number of benzene rings is 1. The highest BCUT2D eigenvalue weighted by Gasteiger charge is 2.16. The van der Waals surface area contributed by atoms with Crippen molar-refractivity contribution in [3.05, 3.63) is 51.8 Å². The number of hydrogen-bond acceptors (Lipinski definition) is 2. The zero-order chi connectivity index (χ0) is 15.6. The van der Waals surface area contributed by atoms with Crippen molar-refractivity contribution in [2.24, 2.45) is 0 Å². The van der Waals surface area contributed by atoms with Crippen LogP contribution in [0.4, 0.5) is 8.78 Å². The molecule has 6 heteroatoms. The summed E-state index contributed by atoms with van der Waals surface area (Å²) >= 11 is 6.13. The molecule has 0 spiro atoms. The van der Waals surface area contributed by atoms with Crippen LogP contribution in [0.3, 0.4) is 0 Å². The van der Waals surface area contributed by atoms with E-state index in [1.54, 1.807) is 11.6 Å². The molecule has 0 saturated heterocycles. The first kappa shape index (κ1) is 15.6. The van der Waals surface area contributed by atoms with Crippen LogP contribution in [0.15, 0.2) is 18.2 Å². The zero-order valence-corrected chi connectivity index (χ0v) is 12.5. The number of carbonyl (C=O) groups is 1. The number of ketones is 1. The van der Waals surface area contributed by atoms with Crippen molar-refractivity contribution in [3.63, 3.8) is 0 Å². The monoisotopic (exact) mass is 312 g/mol. The summed E-state index contributed by atoms with van der Waals surface area (Å²) < 4.78 is 27.9. The van der Waals surface area contributed by atoms with Gasteiger partial charge in [-0.2, -0.15) is 5.10 Å². The van der Waals surface area contributed by atoms with E-state index >= 15 is 0 Å². The van der Waals surface area contributed by atoms with Crippen molar-refractivity contribution < 1.29 is 13.6 Å². The Hall–Kier alpha value is -1.75. The molecular weight excluding hydrogens is 298 g/mol. The quantitative estimate of drug-likeness (QED) is 0.847. The molecule has 0 aliphatic rings. The molecular formula is C15H15ClF2N2O. The average molecular weight is 313 g/mol. The van der Waals surface area contributed by atoms with Gasteiger partial charge in [-0.05, 0) is 31.5 Å². The molecule has 0 aliphatic heterocycles. The Morgan fingerprint density at radius 1 is 1.24 bits per heavy atom. The number of aryl methyl sites for hydroxylation is 2. The van der Waals surface area contributed by atoms with Gasteiger partial charge in [0.15, 0.2) is 0 Å². The topological polar surface area (TPSA) is 34.9 Å². The Morgan fingerprint density at radius 3 is 2.43 bits per heavy atom. The summed E-state index contributed by atoms with van der Waals surface area (Å²) in [6, 6.07) is 3.09. The largest absolute Gasteiger partial charge is 0.299 e. The van der Waals surface area contributed by atoms with Gasteiger partial charge in [-0.25, -0.2) is 8.78 Å². The second kappa shape index (κ2) is 6.35. The smallest absolute Gasteiger partial charge is 0.143 e. The highest BCUT2D eigenvalue weighted by Crippen LogP contribution is 2.21. The summed E-state index contributed by atoms with van der Waals surface area (Å²) in [5.41, 5.74) is 1.62. The van der Waals surface area contributed by atoms with Gasteiger partial charge >= 0.3 is 0 Å². The number of carbonyl (C=O) groups excluding carboxylic acids is 1. The molecule has 0 unspecified atom stereocenters. The van der Waals surface area contributed by atoms with Gasteiger partial charge in [0, 0.05) is 19.0 Å². The summed E-state index contributed by atoms with van der Waals surface area (Å²) in [5.74, 6) is -1.55. The van der Waals surface area contributed by atoms with Crippen LogP contribution in [0.1, 0.15) is 23.9 Å². The standard InChI is InChI=1S/C15H15ClF2N2O/c1-3-20-14(15(16)9(2)19-20)8-13(21)6-10-4-11(17)7-12(18)5-10/h4-5,7H,3,6,8H2,1-2H3. The van der Waals surface area contributed by atoms with Crippen molar-refractivity contribution in [1.82, 2.24) is 9.78 Å². The van der Waals surface area contributed by atoms with Crippen molar-refractivity contribution in [2.75, 3.05) is 0 Å². The first-order valence-corrected chi connectivity index (χ1v) is 6.97. The molecule has 0 N–H and O–H groups in total. The summed E-state index contributed by atoms with van der Waals surface area (Å²) in [6.45, 7) is 4.27. The van der Waals surface area contributed by atoms with Gasteiger partial charge in [0.25, 0.3) is 0 Å². The predicted octanol–water partition coefficient (Wildman–Crippen LogP) is 3.50. The molecule has 112 valence electrons. The van der Waals surface area contributed by atoms with E-state index in [0.29, 0.717) is 28.5 Å². The van der Waals surface area contributed by atoms with Crippen LogP contribution in [0, 0.1) is 18.6 Å². The fourth-order valence-electron chi connectivity index (χ4n) is 2.23. The van der Waals surface area contributed by atoms with E-state index in [2.05, 4.69) is 5.10 Å². The Labute approximate surface area is 126 Å². The van der Waals surface area contributed by atoms with Crippen molar-refractivity contribution >= 4 is 17.4 Å². The molecule has 1 heterocycles. The van der Waals surface area contributed by atoms with Crippen LogP contribution in [0.5, 0.6) is 0 Å². The number of Topliss-reactive ketones (excluding diaryl/α,β-unsaturated/α-hetero) is 1. The number of rotatable bonds is 5. The number of nitrogens with zero attached hydrogens (tertiary/aromatic N) is 2. The Balaban J connectivity index is 2.15. The van der Waals surface area contributed by atoms with Crippen LogP contribution in [-0.2, 0) is 24.2 Å². The fourth-order valence-corrected chi connectivity index (χ4v) is 2.43. The van der Waals surface area contributed by atoms with Gasteiger partial charge < -0.3 is 0 Å². The van der Waals surface area contributed by atoms with Crippen LogP contribution in [-0.4, -0.2) is 15.6 Å². The minimum atomic E-state index is -0.690. The molecule has 1 aromatic carbocycles. The van der Waals surface area contributed by atoms with Crippen LogP contribution in [0.2, 0.25) is 5.02 Å². The van der Waals surface area contributed by atoms with Crippen molar-refractivity contribution in [2.45, 2.75) is 33.2 Å². The zero-order valence-electron chi connectivity index (χ0n) is 11.8. The van der Waals surface area contributed by atoms with E-state index in [9.17, 15) is 13.6 Å². The minimum Gasteiger partial charge on any atom is -0.299 e. The molecule has 0 fully saturated rings. The van der Waals surface area contributed by atoms with E-state index in [1.807, 2.05) is 6.92 Å². The number of aromatic nitrogens is 2. The van der Waals surface area contributed by atoms with Crippen LogP contribution in [0.25, 0.3) is 0 Å². The van der Waals surface area contributed by atoms with Gasteiger partial charge in [0.05, 0.1) is 22.8 Å². The molecule has 0 bridgehead atoms. The lowest BCUT2D eigenvalue weighted by Crippen LogP contribution is -2.12.